The van der Waals surface area contributed by atoms with Crippen LogP contribution >= 0.6 is 12.2 Å². The molecule has 4 heteroatoms. The first-order valence-electron chi connectivity index (χ1n) is 6.93. The maximum absolute atomic E-state index is 12.1. The van der Waals surface area contributed by atoms with E-state index in [9.17, 15) is 4.79 Å². The molecule has 0 spiro atoms. The summed E-state index contributed by atoms with van der Waals surface area (Å²) in [5.74, 6) is -0.0697. The van der Waals surface area contributed by atoms with Gasteiger partial charge in [0.2, 0.25) is 0 Å². The van der Waals surface area contributed by atoms with Crippen molar-refractivity contribution in [1.82, 2.24) is 10.2 Å². The minimum absolute atomic E-state index is 0.0697. The Balaban J connectivity index is 2.39. The van der Waals surface area contributed by atoms with Gasteiger partial charge in [0.05, 0.1) is 11.3 Å². The second kappa shape index (κ2) is 6.03. The lowest BCUT2D eigenvalue weighted by atomic mass is 9.94. The molecule has 0 amide bonds. The van der Waals surface area contributed by atoms with E-state index in [0.717, 1.165) is 22.4 Å². The van der Waals surface area contributed by atoms with Gasteiger partial charge in [-0.2, -0.15) is 5.10 Å². The van der Waals surface area contributed by atoms with Crippen LogP contribution in [0, 0.1) is 4.64 Å². The normalized spacial score (nSPS) is 10.4. The fourth-order valence-electron chi connectivity index (χ4n) is 2.48. The molecule has 0 radical (unpaired) electrons. The topological polar surface area (TPSA) is 45.8 Å². The summed E-state index contributed by atoms with van der Waals surface area (Å²) in [7, 11) is 0. The zero-order valence-corrected chi connectivity index (χ0v) is 12.9. The first-order valence-corrected chi connectivity index (χ1v) is 7.34. The van der Waals surface area contributed by atoms with Crippen LogP contribution in [-0.4, -0.2) is 16.0 Å². The van der Waals surface area contributed by atoms with Crippen LogP contribution < -0.4 is 0 Å². The van der Waals surface area contributed by atoms with E-state index in [-0.39, 0.29) is 5.78 Å². The second-order valence-corrected chi connectivity index (χ2v) is 5.35. The van der Waals surface area contributed by atoms with Crippen molar-refractivity contribution in [2.75, 3.05) is 0 Å². The number of Topliss-reactive ketones (excluding diaryl/α,β-unsaturated/α-hetero) is 1. The number of nitrogens with zero attached hydrogens (tertiary/aromatic N) is 1. The number of carbonyl (C=O) groups excluding carboxylic acids is 1. The van der Waals surface area contributed by atoms with Crippen LogP contribution in [-0.2, 0) is 0 Å². The molecule has 3 aromatic rings. The summed E-state index contributed by atoms with van der Waals surface area (Å²) in [5, 5.41) is 7.19. The van der Waals surface area contributed by atoms with Crippen molar-refractivity contribution in [3.8, 4) is 22.4 Å². The molecule has 0 unspecified atom stereocenters. The number of aromatic nitrogens is 2. The van der Waals surface area contributed by atoms with E-state index >= 15 is 0 Å². The van der Waals surface area contributed by atoms with Crippen molar-refractivity contribution in [3.63, 3.8) is 0 Å². The SMILES string of the molecule is CC(=O)c1c(-c2ccccc2)c(-c2ccccc2)n[nH]c1=S. The van der Waals surface area contributed by atoms with Gasteiger partial charge in [-0.25, -0.2) is 0 Å². The van der Waals surface area contributed by atoms with Crippen molar-refractivity contribution in [3.05, 3.63) is 70.9 Å². The number of carbonyl (C=O) groups is 1. The molecule has 22 heavy (non-hydrogen) atoms. The Kier molecular flexibility index (Phi) is 3.94. The average molecular weight is 306 g/mol. The smallest absolute Gasteiger partial charge is 0.163 e. The van der Waals surface area contributed by atoms with Crippen LogP contribution in [0.15, 0.2) is 60.7 Å². The first kappa shape index (κ1) is 14.4. The van der Waals surface area contributed by atoms with Crippen molar-refractivity contribution < 1.29 is 4.79 Å². The van der Waals surface area contributed by atoms with Crippen LogP contribution in [0.25, 0.3) is 22.4 Å². The number of H-pyrrole nitrogens is 1. The predicted molar refractivity (Wildman–Crippen MR) is 90.3 cm³/mol. The fourth-order valence-corrected chi connectivity index (χ4v) is 2.77. The van der Waals surface area contributed by atoms with E-state index in [4.69, 9.17) is 12.2 Å². The third-order valence-electron chi connectivity index (χ3n) is 3.44. The molecule has 2 aromatic carbocycles. The molecular formula is C18H14N2OS. The lowest BCUT2D eigenvalue weighted by molar-refractivity contribution is 0.101. The van der Waals surface area contributed by atoms with Crippen LogP contribution in [0.4, 0.5) is 0 Å². The number of hydrogen-bond donors (Lipinski definition) is 1. The van der Waals surface area contributed by atoms with Crippen LogP contribution in [0.5, 0.6) is 0 Å². The standard InChI is InChI=1S/C18H14N2OS/c1-12(21)15-16(13-8-4-2-5-9-13)17(19-20-18(15)22)14-10-6-3-7-11-14/h2-11H,1H3,(H,20,22). The highest BCUT2D eigenvalue weighted by Crippen LogP contribution is 2.33. The molecule has 1 aromatic heterocycles. The minimum Gasteiger partial charge on any atom is -0.294 e. The molecule has 3 nitrogen and oxygen atoms in total. The van der Waals surface area contributed by atoms with E-state index < -0.39 is 0 Å². The maximum atomic E-state index is 12.1. The highest BCUT2D eigenvalue weighted by Gasteiger charge is 2.18. The molecule has 0 aliphatic carbocycles. The van der Waals surface area contributed by atoms with E-state index in [1.807, 2.05) is 60.7 Å². The molecule has 0 aliphatic heterocycles. The number of aromatic amines is 1. The van der Waals surface area contributed by atoms with Gasteiger partial charge in [0.25, 0.3) is 0 Å². The summed E-state index contributed by atoms with van der Waals surface area (Å²) >= 11 is 5.29. The summed E-state index contributed by atoms with van der Waals surface area (Å²) in [6, 6.07) is 19.5. The van der Waals surface area contributed by atoms with E-state index in [1.165, 1.54) is 6.92 Å². The number of nitrogens with one attached hydrogen (secondary N) is 1. The van der Waals surface area contributed by atoms with Crippen LogP contribution in [0.2, 0.25) is 0 Å². The van der Waals surface area contributed by atoms with Gasteiger partial charge in [0.1, 0.15) is 4.64 Å². The van der Waals surface area contributed by atoms with Gasteiger partial charge < -0.3 is 0 Å². The first-order chi connectivity index (χ1) is 10.7. The Morgan fingerprint density at radius 2 is 1.50 bits per heavy atom. The zero-order chi connectivity index (χ0) is 15.5. The summed E-state index contributed by atoms with van der Waals surface area (Å²) in [4.78, 5) is 12.1. The molecule has 3 rings (SSSR count). The second-order valence-electron chi connectivity index (χ2n) is 4.94. The molecule has 1 heterocycles. The third kappa shape index (κ3) is 2.61. The van der Waals surface area contributed by atoms with Crippen LogP contribution in [0.1, 0.15) is 17.3 Å². The van der Waals surface area contributed by atoms with Crippen molar-refractivity contribution in [1.29, 1.82) is 0 Å². The summed E-state index contributed by atoms with van der Waals surface area (Å²) in [6.07, 6.45) is 0. The van der Waals surface area contributed by atoms with Gasteiger partial charge in [-0.05, 0) is 12.5 Å². The Hall–Kier alpha value is -2.59. The molecule has 0 aliphatic rings. The average Bonchev–Trinajstić information content (AvgIpc) is 2.56. The molecular weight excluding hydrogens is 292 g/mol. The van der Waals surface area contributed by atoms with Crippen molar-refractivity contribution in [2.45, 2.75) is 6.92 Å². The lowest BCUT2D eigenvalue weighted by Crippen LogP contribution is -2.04. The van der Waals surface area contributed by atoms with Gasteiger partial charge in [-0.3, -0.25) is 9.89 Å². The summed E-state index contributed by atoms with van der Waals surface area (Å²) < 4.78 is 0.367. The van der Waals surface area contributed by atoms with E-state index in [0.29, 0.717) is 10.2 Å². The van der Waals surface area contributed by atoms with Crippen molar-refractivity contribution in [2.24, 2.45) is 0 Å². The lowest BCUT2D eigenvalue weighted by Gasteiger charge is -2.13. The molecule has 108 valence electrons. The number of rotatable bonds is 3. The number of ketones is 1. The Morgan fingerprint density at radius 1 is 0.955 bits per heavy atom. The predicted octanol–water partition coefficient (Wildman–Crippen LogP) is 4.68. The van der Waals surface area contributed by atoms with Crippen molar-refractivity contribution >= 4 is 18.0 Å². The Bertz CT molecular complexity index is 871. The Labute approximate surface area is 133 Å². The van der Waals surface area contributed by atoms with Gasteiger partial charge in [0, 0.05) is 11.1 Å². The van der Waals surface area contributed by atoms with Gasteiger partial charge in [-0.15, -0.1) is 0 Å². The van der Waals surface area contributed by atoms with Crippen LogP contribution in [0.3, 0.4) is 0 Å². The van der Waals surface area contributed by atoms with Gasteiger partial charge >= 0.3 is 0 Å². The third-order valence-corrected chi connectivity index (χ3v) is 3.74. The van der Waals surface area contributed by atoms with E-state index in [1.54, 1.807) is 0 Å². The van der Waals surface area contributed by atoms with Gasteiger partial charge in [0.15, 0.2) is 5.78 Å². The minimum atomic E-state index is -0.0697. The molecule has 0 atom stereocenters. The molecule has 0 saturated heterocycles. The molecule has 0 fully saturated rings. The monoisotopic (exact) mass is 306 g/mol. The zero-order valence-electron chi connectivity index (χ0n) is 12.0. The highest BCUT2D eigenvalue weighted by atomic mass is 32.1. The molecule has 1 N–H and O–H groups in total. The number of benzene rings is 2. The molecule has 0 bridgehead atoms. The largest absolute Gasteiger partial charge is 0.294 e. The summed E-state index contributed by atoms with van der Waals surface area (Å²) in [6.45, 7) is 1.53. The summed E-state index contributed by atoms with van der Waals surface area (Å²) in [5.41, 5.74) is 3.89. The number of hydrogen-bond acceptors (Lipinski definition) is 3. The fraction of sp³-hybridized carbons (Fsp3) is 0.0556. The molecule has 0 saturated carbocycles. The Morgan fingerprint density at radius 3 is 2.05 bits per heavy atom. The van der Waals surface area contributed by atoms with E-state index in [2.05, 4.69) is 10.2 Å². The highest BCUT2D eigenvalue weighted by molar-refractivity contribution is 7.71. The van der Waals surface area contributed by atoms with Gasteiger partial charge in [-0.1, -0.05) is 72.9 Å². The quantitative estimate of drug-likeness (QED) is 0.564. The maximum Gasteiger partial charge on any atom is 0.163 e.